The lowest BCUT2D eigenvalue weighted by Gasteiger charge is -2.17. The largest absolute Gasteiger partial charge is 0.330 e. The summed E-state index contributed by atoms with van der Waals surface area (Å²) in [5.41, 5.74) is 5.84. The van der Waals surface area contributed by atoms with Gasteiger partial charge in [0.2, 0.25) is 10.0 Å². The summed E-state index contributed by atoms with van der Waals surface area (Å²) in [6.07, 6.45) is 0.752. The molecule has 7 nitrogen and oxygen atoms in total. The van der Waals surface area contributed by atoms with Crippen molar-refractivity contribution in [3.8, 4) is 0 Å². The van der Waals surface area contributed by atoms with E-state index < -0.39 is 14.9 Å². The number of hydrogen-bond acceptors (Lipinski definition) is 5. The van der Waals surface area contributed by atoms with Crippen molar-refractivity contribution in [2.45, 2.75) is 18.2 Å². The quantitative estimate of drug-likeness (QED) is 0.656. The molecular weight excluding hydrogens is 282 g/mol. The molecule has 0 amide bonds. The Morgan fingerprint density at radius 3 is 2.70 bits per heavy atom. The van der Waals surface area contributed by atoms with Gasteiger partial charge in [0.1, 0.15) is 0 Å². The van der Waals surface area contributed by atoms with Gasteiger partial charge in [-0.1, -0.05) is 0 Å². The zero-order valence-corrected chi connectivity index (χ0v) is 12.0. The predicted molar refractivity (Wildman–Crippen MR) is 73.8 cm³/mol. The van der Waals surface area contributed by atoms with Crippen LogP contribution in [0.2, 0.25) is 0 Å². The van der Waals surface area contributed by atoms with Crippen molar-refractivity contribution >= 4 is 15.7 Å². The summed E-state index contributed by atoms with van der Waals surface area (Å²) in [5, 5.41) is 10.7. The molecular formula is C12H17N3O4S. The van der Waals surface area contributed by atoms with Crippen LogP contribution in [0.4, 0.5) is 5.69 Å². The smallest absolute Gasteiger partial charge is 0.269 e. The summed E-state index contributed by atoms with van der Waals surface area (Å²) in [6.45, 7) is 2.89. The molecule has 0 spiro atoms. The first-order chi connectivity index (χ1) is 9.36. The number of rotatable bonds is 4. The van der Waals surface area contributed by atoms with Crippen LogP contribution in [-0.4, -0.2) is 37.3 Å². The van der Waals surface area contributed by atoms with Crippen LogP contribution >= 0.6 is 0 Å². The van der Waals surface area contributed by atoms with Crippen molar-refractivity contribution < 1.29 is 13.3 Å². The van der Waals surface area contributed by atoms with Gasteiger partial charge in [0.05, 0.1) is 9.82 Å². The number of nitro benzene ring substituents is 1. The van der Waals surface area contributed by atoms with Crippen LogP contribution in [0.15, 0.2) is 23.1 Å². The highest BCUT2D eigenvalue weighted by Gasteiger charge is 2.33. The molecule has 0 bridgehead atoms. The summed E-state index contributed by atoms with van der Waals surface area (Å²) < 4.78 is 26.4. The molecule has 0 saturated carbocycles. The SMILES string of the molecule is Cc1cc([N+](=O)[O-])ccc1S(=O)(=O)N1CCC(CN)C1. The zero-order chi connectivity index (χ0) is 14.9. The fourth-order valence-electron chi connectivity index (χ4n) is 2.38. The van der Waals surface area contributed by atoms with Gasteiger partial charge >= 0.3 is 0 Å². The van der Waals surface area contributed by atoms with Gasteiger partial charge in [0, 0.05) is 25.2 Å². The molecule has 20 heavy (non-hydrogen) atoms. The maximum absolute atomic E-state index is 12.5. The maximum atomic E-state index is 12.5. The van der Waals surface area contributed by atoms with Crippen molar-refractivity contribution in [1.82, 2.24) is 4.31 Å². The number of nitrogens with zero attached hydrogens (tertiary/aromatic N) is 2. The molecule has 2 N–H and O–H groups in total. The van der Waals surface area contributed by atoms with Crippen LogP contribution < -0.4 is 5.73 Å². The number of sulfonamides is 1. The van der Waals surface area contributed by atoms with E-state index in [9.17, 15) is 18.5 Å². The first-order valence-corrected chi connectivity index (χ1v) is 7.75. The minimum absolute atomic E-state index is 0.109. The third kappa shape index (κ3) is 2.67. The summed E-state index contributed by atoms with van der Waals surface area (Å²) in [5.74, 6) is 0.183. The molecule has 1 unspecified atom stereocenters. The molecule has 110 valence electrons. The van der Waals surface area contributed by atoms with E-state index in [-0.39, 0.29) is 16.5 Å². The van der Waals surface area contributed by atoms with E-state index in [4.69, 9.17) is 5.73 Å². The van der Waals surface area contributed by atoms with Crippen molar-refractivity contribution in [3.05, 3.63) is 33.9 Å². The molecule has 1 aliphatic heterocycles. The van der Waals surface area contributed by atoms with E-state index in [0.29, 0.717) is 25.2 Å². The molecule has 1 atom stereocenters. The predicted octanol–water partition coefficient (Wildman–Crippen LogP) is 0.873. The monoisotopic (exact) mass is 299 g/mol. The summed E-state index contributed by atoms with van der Waals surface area (Å²) in [4.78, 5) is 10.3. The van der Waals surface area contributed by atoms with Crippen molar-refractivity contribution in [3.63, 3.8) is 0 Å². The van der Waals surface area contributed by atoms with E-state index in [1.165, 1.54) is 22.5 Å². The Balaban J connectivity index is 2.33. The van der Waals surface area contributed by atoms with Gasteiger partial charge in [-0.15, -0.1) is 0 Å². The fraction of sp³-hybridized carbons (Fsp3) is 0.500. The fourth-order valence-corrected chi connectivity index (χ4v) is 4.12. The van der Waals surface area contributed by atoms with E-state index >= 15 is 0 Å². The van der Waals surface area contributed by atoms with Gasteiger partial charge in [0.15, 0.2) is 0 Å². The molecule has 0 aromatic heterocycles. The Morgan fingerprint density at radius 2 is 2.20 bits per heavy atom. The lowest BCUT2D eigenvalue weighted by atomic mass is 10.1. The highest BCUT2D eigenvalue weighted by atomic mass is 32.2. The van der Waals surface area contributed by atoms with Gasteiger partial charge in [-0.2, -0.15) is 4.31 Å². The number of benzene rings is 1. The Morgan fingerprint density at radius 1 is 1.50 bits per heavy atom. The Bertz CT molecular complexity index is 630. The second-order valence-electron chi connectivity index (χ2n) is 4.96. The van der Waals surface area contributed by atoms with Crippen molar-refractivity contribution in [2.75, 3.05) is 19.6 Å². The van der Waals surface area contributed by atoms with Crippen LogP contribution in [0.1, 0.15) is 12.0 Å². The van der Waals surface area contributed by atoms with E-state index in [2.05, 4.69) is 0 Å². The lowest BCUT2D eigenvalue weighted by Crippen LogP contribution is -2.30. The average molecular weight is 299 g/mol. The second kappa shape index (κ2) is 5.47. The Labute approximate surface area is 117 Å². The number of hydrogen-bond donors (Lipinski definition) is 1. The lowest BCUT2D eigenvalue weighted by molar-refractivity contribution is -0.385. The van der Waals surface area contributed by atoms with E-state index in [1.807, 2.05) is 0 Å². The topological polar surface area (TPSA) is 107 Å². The van der Waals surface area contributed by atoms with Crippen molar-refractivity contribution in [2.24, 2.45) is 11.7 Å². The summed E-state index contributed by atoms with van der Waals surface area (Å²) in [6, 6.07) is 3.80. The third-order valence-corrected chi connectivity index (χ3v) is 5.59. The van der Waals surface area contributed by atoms with Crippen molar-refractivity contribution in [1.29, 1.82) is 0 Å². The maximum Gasteiger partial charge on any atom is 0.269 e. The average Bonchev–Trinajstić information content (AvgIpc) is 2.87. The standard InChI is InChI=1S/C12H17N3O4S/c1-9-6-11(15(16)17)2-3-12(9)20(18,19)14-5-4-10(7-13)8-14/h2-3,6,10H,4-5,7-8,13H2,1H3. The molecule has 1 fully saturated rings. The van der Waals surface area contributed by atoms with Crippen LogP contribution in [0.3, 0.4) is 0 Å². The van der Waals surface area contributed by atoms with Crippen LogP contribution in [0, 0.1) is 23.0 Å². The first kappa shape index (κ1) is 14.9. The molecule has 1 aliphatic rings. The zero-order valence-electron chi connectivity index (χ0n) is 11.2. The molecule has 1 aromatic rings. The molecule has 1 aromatic carbocycles. The molecule has 8 heteroatoms. The number of non-ortho nitro benzene ring substituents is 1. The Kier molecular flexibility index (Phi) is 4.07. The minimum atomic E-state index is -3.60. The normalized spacial score (nSPS) is 20.2. The van der Waals surface area contributed by atoms with Gasteiger partial charge in [-0.05, 0) is 37.4 Å². The minimum Gasteiger partial charge on any atom is -0.330 e. The highest BCUT2D eigenvalue weighted by Crippen LogP contribution is 2.27. The van der Waals surface area contributed by atoms with Crippen LogP contribution in [-0.2, 0) is 10.0 Å². The Hall–Kier alpha value is -1.51. The van der Waals surface area contributed by atoms with Crippen LogP contribution in [0.5, 0.6) is 0 Å². The molecule has 1 saturated heterocycles. The molecule has 0 radical (unpaired) electrons. The van der Waals surface area contributed by atoms with E-state index in [0.717, 1.165) is 6.42 Å². The van der Waals surface area contributed by atoms with Gasteiger partial charge < -0.3 is 5.73 Å². The van der Waals surface area contributed by atoms with E-state index in [1.54, 1.807) is 6.92 Å². The highest BCUT2D eigenvalue weighted by molar-refractivity contribution is 7.89. The number of nitrogens with two attached hydrogens (primary N) is 1. The summed E-state index contributed by atoms with van der Waals surface area (Å²) in [7, 11) is -3.60. The number of nitro groups is 1. The van der Waals surface area contributed by atoms with Crippen LogP contribution in [0.25, 0.3) is 0 Å². The first-order valence-electron chi connectivity index (χ1n) is 6.31. The molecule has 2 rings (SSSR count). The van der Waals surface area contributed by atoms with Gasteiger partial charge in [-0.3, -0.25) is 10.1 Å². The third-order valence-electron chi connectivity index (χ3n) is 3.57. The number of aryl methyl sites for hydroxylation is 1. The second-order valence-corrected chi connectivity index (χ2v) is 6.87. The summed E-state index contributed by atoms with van der Waals surface area (Å²) >= 11 is 0. The molecule has 1 heterocycles. The van der Waals surface area contributed by atoms with Gasteiger partial charge in [0.25, 0.3) is 5.69 Å². The molecule has 0 aliphatic carbocycles. The van der Waals surface area contributed by atoms with Gasteiger partial charge in [-0.25, -0.2) is 8.42 Å².